The smallest absolute Gasteiger partial charge is 0.124 e. The van der Waals surface area contributed by atoms with E-state index >= 15 is 0 Å². The molecule has 2 rings (SSSR count). The van der Waals surface area contributed by atoms with Crippen LogP contribution in [0, 0.1) is 11.6 Å². The largest absolute Gasteiger partial charge is 0.259 e. The number of anilines is 1. The third-order valence-corrected chi connectivity index (χ3v) is 3.46. The molecule has 0 saturated carbocycles. The van der Waals surface area contributed by atoms with Crippen molar-refractivity contribution < 1.29 is 8.78 Å². The van der Waals surface area contributed by atoms with Crippen molar-refractivity contribution in [2.24, 2.45) is 10.3 Å². The highest BCUT2D eigenvalue weighted by atomic mass is 79.9. The minimum Gasteiger partial charge on any atom is -0.259 e. The van der Waals surface area contributed by atoms with Crippen LogP contribution in [-0.4, -0.2) is 0 Å². The topological polar surface area (TPSA) is 36.8 Å². The third-order valence-electron chi connectivity index (χ3n) is 2.17. The molecule has 0 radical (unpaired) electrons. The number of hydrogen-bond donors (Lipinski definition) is 1. The average molecular weight is 391 g/mol. The van der Waals surface area contributed by atoms with Crippen molar-refractivity contribution >= 4 is 43.2 Å². The highest BCUT2D eigenvalue weighted by Crippen LogP contribution is 2.27. The Kier molecular flexibility index (Phi) is 4.60. The minimum absolute atomic E-state index is 0.351. The Morgan fingerprint density at radius 1 is 0.895 bits per heavy atom. The first-order valence-corrected chi connectivity index (χ1v) is 6.72. The van der Waals surface area contributed by atoms with Crippen LogP contribution in [0.5, 0.6) is 0 Å². The van der Waals surface area contributed by atoms with Gasteiger partial charge in [0.25, 0.3) is 0 Å². The van der Waals surface area contributed by atoms with Crippen molar-refractivity contribution in [3.63, 3.8) is 0 Å². The number of halogens is 4. The van der Waals surface area contributed by atoms with Gasteiger partial charge in [-0.25, -0.2) is 8.78 Å². The Balaban J connectivity index is 2.11. The lowest BCUT2D eigenvalue weighted by molar-refractivity contribution is 0.627. The second-order valence-electron chi connectivity index (χ2n) is 3.53. The van der Waals surface area contributed by atoms with Crippen LogP contribution in [0.2, 0.25) is 0 Å². The Labute approximate surface area is 125 Å². The molecule has 0 atom stereocenters. The molecule has 0 heterocycles. The molecule has 7 heteroatoms. The van der Waals surface area contributed by atoms with Gasteiger partial charge in [-0.15, -0.1) is 5.11 Å². The van der Waals surface area contributed by atoms with E-state index in [0.29, 0.717) is 20.3 Å². The van der Waals surface area contributed by atoms with Crippen LogP contribution in [0.3, 0.4) is 0 Å². The second kappa shape index (κ2) is 6.21. The first kappa shape index (κ1) is 14.1. The molecule has 1 N–H and O–H groups in total. The average Bonchev–Trinajstić information content (AvgIpc) is 2.34. The van der Waals surface area contributed by atoms with Gasteiger partial charge in [0.05, 0.1) is 5.69 Å². The van der Waals surface area contributed by atoms with Crippen molar-refractivity contribution in [3.8, 4) is 0 Å². The molecule has 0 fully saturated rings. The molecule has 0 aliphatic carbocycles. The van der Waals surface area contributed by atoms with Crippen LogP contribution in [0.25, 0.3) is 0 Å². The van der Waals surface area contributed by atoms with Crippen molar-refractivity contribution in [2.75, 3.05) is 5.43 Å². The fourth-order valence-corrected chi connectivity index (χ4v) is 2.14. The molecule has 0 unspecified atom stereocenters. The van der Waals surface area contributed by atoms with E-state index in [1.165, 1.54) is 36.4 Å². The molecular weight excluding hydrogens is 384 g/mol. The van der Waals surface area contributed by atoms with Crippen LogP contribution in [0.1, 0.15) is 0 Å². The summed E-state index contributed by atoms with van der Waals surface area (Å²) in [5.41, 5.74) is 3.71. The lowest BCUT2D eigenvalue weighted by Gasteiger charge is -2.02. The van der Waals surface area contributed by atoms with E-state index in [4.69, 9.17) is 0 Å². The summed E-state index contributed by atoms with van der Waals surface area (Å²) in [6.45, 7) is 0. The van der Waals surface area contributed by atoms with E-state index in [1.54, 1.807) is 0 Å². The Bertz CT molecular complexity index is 632. The lowest BCUT2D eigenvalue weighted by Crippen LogP contribution is -1.88. The van der Waals surface area contributed by atoms with E-state index in [2.05, 4.69) is 47.6 Å². The molecule has 0 bridgehead atoms. The molecule has 2 aromatic carbocycles. The second-order valence-corrected chi connectivity index (χ2v) is 5.24. The molecule has 3 nitrogen and oxygen atoms in total. The quantitative estimate of drug-likeness (QED) is 0.537. The number of hydrogen-bond acceptors (Lipinski definition) is 2. The van der Waals surface area contributed by atoms with E-state index < -0.39 is 0 Å². The zero-order valence-corrected chi connectivity index (χ0v) is 12.5. The fraction of sp³-hybridized carbons (Fsp3) is 0. The van der Waals surface area contributed by atoms with Crippen LogP contribution >= 0.6 is 31.9 Å². The van der Waals surface area contributed by atoms with Gasteiger partial charge < -0.3 is 0 Å². The fourth-order valence-electron chi connectivity index (χ4n) is 1.28. The molecular formula is C12H7Br2F2N3. The number of benzene rings is 2. The summed E-state index contributed by atoms with van der Waals surface area (Å²) in [6, 6.07) is 8.21. The highest BCUT2D eigenvalue weighted by molar-refractivity contribution is 9.11. The van der Waals surface area contributed by atoms with E-state index in [-0.39, 0.29) is 11.6 Å². The van der Waals surface area contributed by atoms with Crippen molar-refractivity contribution in [2.45, 2.75) is 0 Å². The predicted molar refractivity (Wildman–Crippen MR) is 76.3 cm³/mol. The van der Waals surface area contributed by atoms with Crippen LogP contribution in [0.4, 0.5) is 20.2 Å². The van der Waals surface area contributed by atoms with Gasteiger partial charge in [-0.05, 0) is 68.3 Å². The van der Waals surface area contributed by atoms with Gasteiger partial charge in [0, 0.05) is 8.95 Å². The van der Waals surface area contributed by atoms with Crippen molar-refractivity contribution in [1.82, 2.24) is 0 Å². The predicted octanol–water partition coefficient (Wildman–Crippen LogP) is 5.60. The zero-order valence-electron chi connectivity index (χ0n) is 9.37. The van der Waals surface area contributed by atoms with Crippen molar-refractivity contribution in [3.05, 3.63) is 57.0 Å². The van der Waals surface area contributed by atoms with Gasteiger partial charge in [0.2, 0.25) is 0 Å². The van der Waals surface area contributed by atoms with Crippen LogP contribution < -0.4 is 5.43 Å². The summed E-state index contributed by atoms with van der Waals surface area (Å²) in [7, 11) is 0. The molecule has 0 spiro atoms. The van der Waals surface area contributed by atoms with Gasteiger partial charge in [0.1, 0.15) is 17.3 Å². The molecule has 19 heavy (non-hydrogen) atoms. The number of nitrogens with zero attached hydrogens (tertiary/aromatic N) is 2. The monoisotopic (exact) mass is 389 g/mol. The molecule has 0 saturated heterocycles. The summed E-state index contributed by atoms with van der Waals surface area (Å²) in [5, 5.41) is 7.65. The zero-order chi connectivity index (χ0) is 13.8. The molecule has 0 aliphatic heterocycles. The van der Waals surface area contributed by atoms with E-state index in [1.807, 2.05) is 0 Å². The summed E-state index contributed by atoms with van der Waals surface area (Å²) in [6.07, 6.45) is 0. The molecule has 0 aromatic heterocycles. The normalized spacial score (nSPS) is 10.9. The Morgan fingerprint density at radius 2 is 1.53 bits per heavy atom. The van der Waals surface area contributed by atoms with Gasteiger partial charge in [-0.1, -0.05) is 5.22 Å². The van der Waals surface area contributed by atoms with E-state index in [0.717, 1.165) is 0 Å². The molecule has 0 amide bonds. The summed E-state index contributed by atoms with van der Waals surface area (Å²) in [5.74, 6) is -0.712. The van der Waals surface area contributed by atoms with Crippen molar-refractivity contribution in [1.29, 1.82) is 0 Å². The van der Waals surface area contributed by atoms with Crippen LogP contribution in [0.15, 0.2) is 55.7 Å². The SMILES string of the molecule is Fc1ccc(N=NNc2ccc(F)cc2Br)c(Br)c1. The van der Waals surface area contributed by atoms with Gasteiger partial charge in [-0.2, -0.15) is 0 Å². The first-order chi connectivity index (χ1) is 9.06. The first-order valence-electron chi connectivity index (χ1n) is 5.13. The maximum absolute atomic E-state index is 12.9. The van der Waals surface area contributed by atoms with Gasteiger partial charge in [0.15, 0.2) is 0 Å². The lowest BCUT2D eigenvalue weighted by atomic mass is 10.3. The maximum atomic E-state index is 12.9. The maximum Gasteiger partial charge on any atom is 0.124 e. The number of rotatable bonds is 3. The van der Waals surface area contributed by atoms with E-state index in [9.17, 15) is 8.78 Å². The minimum atomic E-state index is -0.361. The summed E-state index contributed by atoms with van der Waals surface area (Å²) >= 11 is 6.37. The Morgan fingerprint density at radius 3 is 2.16 bits per heavy atom. The summed E-state index contributed by atoms with van der Waals surface area (Å²) < 4.78 is 26.8. The summed E-state index contributed by atoms with van der Waals surface area (Å²) in [4.78, 5) is 0. The molecule has 2 aromatic rings. The van der Waals surface area contributed by atoms with Crippen LogP contribution in [-0.2, 0) is 0 Å². The third kappa shape index (κ3) is 3.81. The van der Waals surface area contributed by atoms with Gasteiger partial charge in [-0.3, -0.25) is 5.43 Å². The highest BCUT2D eigenvalue weighted by Gasteiger charge is 2.01. The molecule has 0 aliphatic rings. The Hall–Kier alpha value is -1.34. The van der Waals surface area contributed by atoms with Gasteiger partial charge >= 0.3 is 0 Å². The standard InChI is InChI=1S/C12H7Br2F2N3/c13-9-5-7(15)1-3-11(9)17-19-18-12-4-2-8(16)6-10(12)14/h1-6H,(H,17,18). The molecule has 98 valence electrons. The number of nitrogens with one attached hydrogen (secondary N) is 1.